The van der Waals surface area contributed by atoms with Crippen LogP contribution in [0, 0.1) is 6.92 Å². The number of phenolic OH excluding ortho intramolecular Hbond substituents is 2. The maximum atomic E-state index is 13.8. The number of carbonyl (C=O) groups is 4. The van der Waals surface area contributed by atoms with Crippen LogP contribution in [0.4, 0.5) is 4.79 Å². The van der Waals surface area contributed by atoms with Crippen molar-refractivity contribution < 1.29 is 34.1 Å². The van der Waals surface area contributed by atoms with Gasteiger partial charge in [-0.05, 0) is 40.5 Å². The summed E-state index contributed by atoms with van der Waals surface area (Å²) in [4.78, 5) is 51.1. The largest absolute Gasteiger partial charge is 0.507 e. The molecule has 0 saturated heterocycles. The average Bonchev–Trinajstić information content (AvgIpc) is 3.14. The number of nitrogens with one attached hydrogen (secondary N) is 3. The van der Waals surface area contributed by atoms with Gasteiger partial charge in [-0.25, -0.2) is 4.79 Å². The molecule has 10 heteroatoms. The van der Waals surface area contributed by atoms with Gasteiger partial charge in [0.2, 0.25) is 0 Å². The van der Waals surface area contributed by atoms with Crippen LogP contribution in [0.5, 0.6) is 17.2 Å². The van der Waals surface area contributed by atoms with Gasteiger partial charge in [-0.15, -0.1) is 0 Å². The lowest BCUT2D eigenvalue weighted by atomic mass is 9.70. The Morgan fingerprint density at radius 1 is 1.05 bits per heavy atom. The Bertz CT molecular complexity index is 1260. The monoisotopic (exact) mass is 511 g/mol. The number of Topliss-reactive ketones (excluding diaryl/α,β-unsaturated/α-hetero) is 2. The first-order valence-corrected chi connectivity index (χ1v) is 12.6. The lowest BCUT2D eigenvalue weighted by molar-refractivity contribution is -0.123. The Labute approximate surface area is 215 Å². The standard InChI is InChI=1S/C27H33N3O7/c1-13-22(33)20(15(3)31)24-21(23(13)34)27(4)18(37-24)12-17(32)19(25(27)35)14(2)28-10-11-29-26(36)30-16-8-6-5-7-9-16/h12,16,28,33-34H,5-11H2,1-4H3,(H2,29,30,36)/b19-14+/t27-/m1/s1. The molecule has 2 amide bonds. The van der Waals surface area contributed by atoms with Gasteiger partial charge in [0.15, 0.2) is 17.3 Å². The van der Waals surface area contributed by atoms with Crippen LogP contribution in [0.3, 0.4) is 0 Å². The molecule has 0 radical (unpaired) electrons. The number of hydrogen-bond acceptors (Lipinski definition) is 8. The molecule has 198 valence electrons. The summed E-state index contributed by atoms with van der Waals surface area (Å²) >= 11 is 0. The molecule has 1 fully saturated rings. The van der Waals surface area contributed by atoms with Crippen molar-refractivity contribution in [2.45, 2.75) is 71.3 Å². The Kier molecular flexibility index (Phi) is 7.03. The van der Waals surface area contributed by atoms with Crippen molar-refractivity contribution in [2.75, 3.05) is 13.1 Å². The molecular weight excluding hydrogens is 478 g/mol. The highest BCUT2D eigenvalue weighted by Gasteiger charge is 2.56. The zero-order valence-electron chi connectivity index (χ0n) is 21.5. The van der Waals surface area contributed by atoms with E-state index in [4.69, 9.17) is 4.74 Å². The first kappa shape index (κ1) is 26.2. The fourth-order valence-electron chi connectivity index (χ4n) is 5.36. The van der Waals surface area contributed by atoms with Crippen molar-refractivity contribution in [3.63, 3.8) is 0 Å². The highest BCUT2D eigenvalue weighted by atomic mass is 16.5. The molecule has 1 aliphatic heterocycles. The molecule has 3 aliphatic rings. The number of amides is 2. The van der Waals surface area contributed by atoms with Crippen molar-refractivity contribution in [1.82, 2.24) is 16.0 Å². The zero-order valence-corrected chi connectivity index (χ0v) is 21.5. The molecule has 1 saturated carbocycles. The number of benzene rings is 1. The summed E-state index contributed by atoms with van der Waals surface area (Å²) in [6.45, 7) is 6.34. The molecule has 1 aromatic carbocycles. The fourth-order valence-corrected chi connectivity index (χ4v) is 5.36. The number of fused-ring (bicyclic) bond motifs is 3. The quantitative estimate of drug-likeness (QED) is 0.169. The van der Waals surface area contributed by atoms with E-state index in [2.05, 4.69) is 16.0 Å². The van der Waals surface area contributed by atoms with Crippen LogP contribution < -0.4 is 20.7 Å². The van der Waals surface area contributed by atoms with E-state index in [0.717, 1.165) is 25.7 Å². The van der Waals surface area contributed by atoms with E-state index in [0.29, 0.717) is 5.70 Å². The summed E-state index contributed by atoms with van der Waals surface area (Å²) in [5, 5.41) is 30.1. The zero-order chi connectivity index (χ0) is 27.1. The Morgan fingerprint density at radius 3 is 2.35 bits per heavy atom. The predicted molar refractivity (Wildman–Crippen MR) is 135 cm³/mol. The van der Waals surface area contributed by atoms with Gasteiger partial charge < -0.3 is 30.9 Å². The number of rotatable bonds is 6. The van der Waals surface area contributed by atoms with Crippen LogP contribution in [-0.4, -0.2) is 52.7 Å². The maximum absolute atomic E-state index is 13.8. The third-order valence-corrected chi connectivity index (χ3v) is 7.50. The van der Waals surface area contributed by atoms with Gasteiger partial charge in [-0.3, -0.25) is 14.4 Å². The van der Waals surface area contributed by atoms with Crippen molar-refractivity contribution in [3.8, 4) is 17.2 Å². The Hall–Kier alpha value is -3.82. The number of ether oxygens (including phenoxy) is 1. The third-order valence-electron chi connectivity index (χ3n) is 7.50. The summed E-state index contributed by atoms with van der Waals surface area (Å²) < 4.78 is 5.76. The Morgan fingerprint density at radius 2 is 1.70 bits per heavy atom. The summed E-state index contributed by atoms with van der Waals surface area (Å²) in [6, 6.07) is -0.0641. The van der Waals surface area contributed by atoms with Crippen molar-refractivity contribution in [3.05, 3.63) is 39.8 Å². The minimum Gasteiger partial charge on any atom is -0.507 e. The second kappa shape index (κ2) is 9.91. The molecule has 1 atom stereocenters. The molecule has 37 heavy (non-hydrogen) atoms. The maximum Gasteiger partial charge on any atom is 0.315 e. The summed E-state index contributed by atoms with van der Waals surface area (Å²) in [5.74, 6) is -2.63. The van der Waals surface area contributed by atoms with Gasteiger partial charge in [0.05, 0.1) is 11.1 Å². The molecule has 0 spiro atoms. The molecule has 5 N–H and O–H groups in total. The van der Waals surface area contributed by atoms with Gasteiger partial charge >= 0.3 is 6.03 Å². The van der Waals surface area contributed by atoms with Crippen molar-refractivity contribution >= 4 is 23.4 Å². The van der Waals surface area contributed by atoms with E-state index < -0.39 is 28.5 Å². The molecular formula is C27H33N3O7. The van der Waals surface area contributed by atoms with Crippen LogP contribution in [-0.2, 0) is 15.0 Å². The van der Waals surface area contributed by atoms with Crippen LogP contribution in [0.15, 0.2) is 23.1 Å². The topological polar surface area (TPSA) is 154 Å². The SMILES string of the molecule is CC(=O)c1c(O)c(C)c(O)c2c1OC1=CC(=O)/C(=C(/C)NCCNC(=O)NC3CCCCC3)C(=O)[C@]12C. The number of carbonyl (C=O) groups excluding carboxylic acids is 4. The van der Waals surface area contributed by atoms with Crippen LogP contribution in [0.2, 0.25) is 0 Å². The second-order valence-electron chi connectivity index (χ2n) is 10.0. The number of allylic oxidation sites excluding steroid dienone is 4. The van der Waals surface area contributed by atoms with Gasteiger partial charge in [0.25, 0.3) is 0 Å². The highest BCUT2D eigenvalue weighted by Crippen LogP contribution is 2.57. The van der Waals surface area contributed by atoms with E-state index in [-0.39, 0.29) is 64.7 Å². The van der Waals surface area contributed by atoms with Crippen molar-refractivity contribution in [2.24, 2.45) is 0 Å². The van der Waals surface area contributed by atoms with E-state index in [1.807, 2.05) is 0 Å². The van der Waals surface area contributed by atoms with Crippen LogP contribution in [0.1, 0.15) is 74.4 Å². The number of urea groups is 1. The molecule has 4 rings (SSSR count). The molecule has 0 unspecified atom stereocenters. The summed E-state index contributed by atoms with van der Waals surface area (Å²) in [6.07, 6.45) is 6.55. The highest BCUT2D eigenvalue weighted by molar-refractivity contribution is 6.31. The van der Waals surface area contributed by atoms with Crippen LogP contribution >= 0.6 is 0 Å². The van der Waals surface area contributed by atoms with Gasteiger partial charge in [0.1, 0.15) is 34.0 Å². The van der Waals surface area contributed by atoms with E-state index in [1.54, 1.807) is 6.92 Å². The number of aromatic hydroxyl groups is 2. The van der Waals surface area contributed by atoms with Gasteiger partial charge in [-0.1, -0.05) is 19.3 Å². The van der Waals surface area contributed by atoms with E-state index in [9.17, 15) is 29.4 Å². The normalized spacial score (nSPS) is 22.4. The number of phenols is 2. The molecule has 0 bridgehead atoms. The Balaban J connectivity index is 1.54. The first-order chi connectivity index (χ1) is 17.5. The minimum absolute atomic E-state index is 0.0158. The molecule has 1 aromatic rings. The fraction of sp³-hybridized carbons (Fsp3) is 0.481. The summed E-state index contributed by atoms with van der Waals surface area (Å²) in [7, 11) is 0. The van der Waals surface area contributed by atoms with Crippen molar-refractivity contribution in [1.29, 1.82) is 0 Å². The lowest BCUT2D eigenvalue weighted by Gasteiger charge is -2.29. The molecule has 2 aliphatic carbocycles. The smallest absolute Gasteiger partial charge is 0.315 e. The third kappa shape index (κ3) is 4.45. The molecule has 1 heterocycles. The van der Waals surface area contributed by atoms with Crippen LogP contribution in [0.25, 0.3) is 0 Å². The molecule has 0 aromatic heterocycles. The number of ketones is 3. The summed E-state index contributed by atoms with van der Waals surface area (Å²) in [5.41, 5.74) is -1.42. The first-order valence-electron chi connectivity index (χ1n) is 12.6. The minimum atomic E-state index is -1.56. The molecule has 10 nitrogen and oxygen atoms in total. The van der Waals surface area contributed by atoms with Gasteiger partial charge in [0, 0.05) is 36.5 Å². The van der Waals surface area contributed by atoms with E-state index in [1.165, 1.54) is 33.3 Å². The number of hydrogen-bond donors (Lipinski definition) is 5. The second-order valence-corrected chi connectivity index (χ2v) is 10.0. The van der Waals surface area contributed by atoms with Gasteiger partial charge in [-0.2, -0.15) is 0 Å². The lowest BCUT2D eigenvalue weighted by Crippen LogP contribution is -2.45. The predicted octanol–water partition coefficient (Wildman–Crippen LogP) is 2.79. The average molecular weight is 512 g/mol. The van der Waals surface area contributed by atoms with E-state index >= 15 is 0 Å².